The minimum atomic E-state index is -5.37. The first-order valence-corrected chi connectivity index (χ1v) is 3.31. The van der Waals surface area contributed by atoms with Crippen LogP contribution in [-0.4, -0.2) is 29.1 Å². The third-order valence-corrected chi connectivity index (χ3v) is 1.44. The van der Waals surface area contributed by atoms with E-state index in [-0.39, 0.29) is 0 Å². The van der Waals surface area contributed by atoms with E-state index >= 15 is 0 Å². The molecule has 0 rings (SSSR count). The molecule has 2 nitrogen and oxygen atoms in total. The van der Waals surface area contributed by atoms with Gasteiger partial charge in [-0.1, -0.05) is 6.92 Å². The molecule has 1 atom stereocenters. The highest BCUT2D eigenvalue weighted by molar-refractivity contribution is 5.76. The van der Waals surface area contributed by atoms with Crippen LogP contribution in [0.2, 0.25) is 0 Å². The number of carboxylic acid groups (broad SMARTS) is 1. The van der Waals surface area contributed by atoms with Gasteiger partial charge in [-0.2, -0.15) is 17.6 Å². The van der Waals surface area contributed by atoms with Crippen LogP contribution in [0.5, 0.6) is 0 Å². The number of hydrogen-bond acceptors (Lipinski definition) is 1. The summed E-state index contributed by atoms with van der Waals surface area (Å²) < 4.78 is 61.3. The van der Waals surface area contributed by atoms with E-state index in [0.29, 0.717) is 0 Å². The monoisotopic (exact) mass is 206 g/mol. The van der Waals surface area contributed by atoms with Gasteiger partial charge in [0, 0.05) is 0 Å². The molecule has 0 aliphatic rings. The number of hydrogen-bond donors (Lipinski definition) is 1. The fourth-order valence-electron chi connectivity index (χ4n) is 0.596. The third-order valence-electron chi connectivity index (χ3n) is 1.44. The number of carboxylic acids is 1. The van der Waals surface area contributed by atoms with Gasteiger partial charge in [0.1, 0.15) is 0 Å². The van der Waals surface area contributed by atoms with Crippen molar-refractivity contribution in [1.29, 1.82) is 0 Å². The summed E-state index contributed by atoms with van der Waals surface area (Å²) in [4.78, 5) is 9.69. The van der Waals surface area contributed by atoms with Crippen LogP contribution < -0.4 is 0 Å². The van der Waals surface area contributed by atoms with Crippen molar-refractivity contribution in [3.05, 3.63) is 0 Å². The van der Waals surface area contributed by atoms with E-state index in [9.17, 15) is 26.7 Å². The fourth-order valence-corrected chi connectivity index (χ4v) is 0.596. The Morgan fingerprint density at radius 3 is 2.00 bits per heavy atom. The maximum Gasteiger partial charge on any atom is 0.407 e. The first-order valence-electron chi connectivity index (χ1n) is 3.31. The average molecular weight is 206 g/mol. The molecule has 0 aliphatic carbocycles. The van der Waals surface area contributed by atoms with Crippen molar-refractivity contribution in [3.8, 4) is 0 Å². The van der Waals surface area contributed by atoms with Crippen LogP contribution in [0.3, 0.4) is 0 Å². The molecule has 7 heteroatoms. The Labute approximate surface area is 70.3 Å². The van der Waals surface area contributed by atoms with E-state index in [1.54, 1.807) is 0 Å². The van der Waals surface area contributed by atoms with Crippen molar-refractivity contribution >= 4 is 5.97 Å². The predicted octanol–water partition coefficient (Wildman–Crippen LogP) is 2.09. The van der Waals surface area contributed by atoms with Gasteiger partial charge in [0.2, 0.25) is 0 Å². The molecule has 0 saturated carbocycles. The SMILES string of the molecule is CCC(F)C(F)(F)C(F)(F)C(=O)O. The maximum atomic E-state index is 12.3. The third kappa shape index (κ3) is 1.89. The summed E-state index contributed by atoms with van der Waals surface area (Å²) >= 11 is 0. The Bertz CT molecular complexity index is 203. The standard InChI is InChI=1S/C6H7F5O2/c1-2-3(7)5(8,9)6(10,11)4(12)13/h3H,2H2,1H3,(H,12,13). The Hall–Kier alpha value is -0.880. The summed E-state index contributed by atoms with van der Waals surface area (Å²) in [5.41, 5.74) is 0. The molecule has 0 heterocycles. The molecule has 0 saturated heterocycles. The lowest BCUT2D eigenvalue weighted by molar-refractivity contribution is -0.244. The molecule has 1 N–H and O–H groups in total. The molecule has 0 spiro atoms. The van der Waals surface area contributed by atoms with Crippen LogP contribution >= 0.6 is 0 Å². The van der Waals surface area contributed by atoms with Crippen LogP contribution in [0.1, 0.15) is 13.3 Å². The lowest BCUT2D eigenvalue weighted by atomic mass is 10.1. The molecule has 0 radical (unpaired) electrons. The van der Waals surface area contributed by atoms with Crippen molar-refractivity contribution in [3.63, 3.8) is 0 Å². The first kappa shape index (κ1) is 12.1. The summed E-state index contributed by atoms with van der Waals surface area (Å²) in [6.07, 6.45) is -4.05. The highest BCUT2D eigenvalue weighted by Gasteiger charge is 2.66. The minimum absolute atomic E-state index is 0.879. The normalized spacial score (nSPS) is 15.5. The zero-order chi connectivity index (χ0) is 10.9. The molecule has 13 heavy (non-hydrogen) atoms. The van der Waals surface area contributed by atoms with Crippen LogP contribution in [0, 0.1) is 0 Å². The lowest BCUT2D eigenvalue weighted by Gasteiger charge is -2.25. The van der Waals surface area contributed by atoms with Crippen LogP contribution in [0.25, 0.3) is 0 Å². The lowest BCUT2D eigenvalue weighted by Crippen LogP contribution is -2.52. The summed E-state index contributed by atoms with van der Waals surface area (Å²) in [5, 5.41) is 7.72. The van der Waals surface area contributed by atoms with Gasteiger partial charge in [-0.05, 0) is 6.42 Å². The number of carbonyl (C=O) groups is 1. The van der Waals surface area contributed by atoms with Crippen molar-refractivity contribution in [2.24, 2.45) is 0 Å². The molecule has 1 unspecified atom stereocenters. The van der Waals surface area contributed by atoms with Crippen LogP contribution in [-0.2, 0) is 4.79 Å². The van der Waals surface area contributed by atoms with E-state index in [1.165, 1.54) is 0 Å². The van der Waals surface area contributed by atoms with E-state index in [2.05, 4.69) is 0 Å². The summed E-state index contributed by atoms with van der Waals surface area (Å²) in [6.45, 7) is 0.913. The molecule has 0 fully saturated rings. The Morgan fingerprint density at radius 2 is 1.77 bits per heavy atom. The molecule has 0 bridgehead atoms. The average Bonchev–Trinajstić information content (AvgIpc) is 2.02. The first-order chi connectivity index (χ1) is 5.67. The molecular weight excluding hydrogens is 199 g/mol. The molecular formula is C6H7F5O2. The van der Waals surface area contributed by atoms with E-state index in [0.717, 1.165) is 6.92 Å². The van der Waals surface area contributed by atoms with Gasteiger partial charge in [-0.3, -0.25) is 0 Å². The topological polar surface area (TPSA) is 37.3 Å². The maximum absolute atomic E-state index is 12.3. The van der Waals surface area contributed by atoms with Gasteiger partial charge >= 0.3 is 17.8 Å². The Morgan fingerprint density at radius 1 is 1.38 bits per heavy atom. The highest BCUT2D eigenvalue weighted by atomic mass is 19.3. The molecule has 78 valence electrons. The summed E-state index contributed by atoms with van der Waals surface area (Å²) in [5.74, 6) is -13.6. The van der Waals surface area contributed by atoms with E-state index < -0.39 is 30.4 Å². The number of alkyl halides is 5. The molecule has 0 aromatic carbocycles. The zero-order valence-electron chi connectivity index (χ0n) is 6.53. The second-order valence-electron chi connectivity index (χ2n) is 2.38. The predicted molar refractivity (Wildman–Crippen MR) is 32.7 cm³/mol. The smallest absolute Gasteiger partial charge is 0.407 e. The molecule has 0 aromatic heterocycles. The molecule has 0 aliphatic heterocycles. The highest BCUT2D eigenvalue weighted by Crippen LogP contribution is 2.39. The summed E-state index contributed by atoms with van der Waals surface area (Å²) in [7, 11) is 0. The van der Waals surface area contributed by atoms with Gasteiger partial charge in [0.25, 0.3) is 0 Å². The number of aliphatic carboxylic acids is 1. The number of halogens is 5. The van der Waals surface area contributed by atoms with Gasteiger partial charge in [-0.25, -0.2) is 9.18 Å². The van der Waals surface area contributed by atoms with Gasteiger partial charge in [-0.15, -0.1) is 0 Å². The molecule has 0 amide bonds. The second-order valence-corrected chi connectivity index (χ2v) is 2.38. The van der Waals surface area contributed by atoms with Crippen molar-refractivity contribution in [2.75, 3.05) is 0 Å². The Kier molecular flexibility index (Phi) is 3.23. The van der Waals surface area contributed by atoms with Crippen molar-refractivity contribution < 1.29 is 31.9 Å². The molecule has 0 aromatic rings. The van der Waals surface area contributed by atoms with Crippen LogP contribution in [0.4, 0.5) is 22.0 Å². The largest absolute Gasteiger partial charge is 0.477 e. The van der Waals surface area contributed by atoms with Crippen molar-refractivity contribution in [1.82, 2.24) is 0 Å². The fraction of sp³-hybridized carbons (Fsp3) is 0.833. The van der Waals surface area contributed by atoms with E-state index in [4.69, 9.17) is 5.11 Å². The quantitative estimate of drug-likeness (QED) is 0.715. The van der Waals surface area contributed by atoms with Crippen LogP contribution in [0.15, 0.2) is 0 Å². The zero-order valence-corrected chi connectivity index (χ0v) is 6.53. The second kappa shape index (κ2) is 3.47. The van der Waals surface area contributed by atoms with Gasteiger partial charge in [0.05, 0.1) is 0 Å². The van der Waals surface area contributed by atoms with E-state index in [1.807, 2.05) is 0 Å². The minimum Gasteiger partial charge on any atom is -0.477 e. The number of rotatable bonds is 4. The van der Waals surface area contributed by atoms with Gasteiger partial charge in [0.15, 0.2) is 6.17 Å². The van der Waals surface area contributed by atoms with Gasteiger partial charge < -0.3 is 5.11 Å². The summed E-state index contributed by atoms with van der Waals surface area (Å²) in [6, 6.07) is 0. The van der Waals surface area contributed by atoms with Crippen molar-refractivity contribution in [2.45, 2.75) is 31.4 Å². The Balaban J connectivity index is 4.90.